The van der Waals surface area contributed by atoms with Gasteiger partial charge >= 0.3 is 6.03 Å². The third-order valence-electron chi connectivity index (χ3n) is 1.73. The van der Waals surface area contributed by atoms with Gasteiger partial charge in [0.2, 0.25) is 0 Å². The number of hydrogen-bond acceptors (Lipinski definition) is 5. The molecule has 1 unspecified atom stereocenters. The van der Waals surface area contributed by atoms with Crippen LogP contribution in [0.5, 0.6) is 0 Å². The highest BCUT2D eigenvalue weighted by molar-refractivity contribution is 6.07. The highest BCUT2D eigenvalue weighted by Crippen LogP contribution is 2.18. The standard InChI is InChI=1S/C6H8N6O/c1-12(7)5-3-2-8-11-4(3)9-6(13)10-5/h2,4H,7H2,1H3,(H,9,13). The Morgan fingerprint density at radius 2 is 2.46 bits per heavy atom. The van der Waals surface area contributed by atoms with Crippen molar-refractivity contribution in [1.29, 1.82) is 0 Å². The molecular weight excluding hydrogens is 172 g/mol. The molecule has 2 aliphatic heterocycles. The number of urea groups is 1. The highest BCUT2D eigenvalue weighted by Gasteiger charge is 2.30. The van der Waals surface area contributed by atoms with Gasteiger partial charge in [-0.3, -0.25) is 5.01 Å². The van der Waals surface area contributed by atoms with E-state index in [0.29, 0.717) is 11.4 Å². The molecule has 0 aromatic carbocycles. The molecule has 0 aromatic rings. The van der Waals surface area contributed by atoms with Crippen molar-refractivity contribution in [2.75, 3.05) is 7.05 Å². The van der Waals surface area contributed by atoms with Crippen LogP contribution >= 0.6 is 0 Å². The molecule has 7 nitrogen and oxygen atoms in total. The first kappa shape index (κ1) is 7.87. The summed E-state index contributed by atoms with van der Waals surface area (Å²) in [5.41, 5.74) is 0.713. The second-order valence-corrected chi connectivity index (χ2v) is 2.71. The number of carbonyl (C=O) groups excluding carboxylic acids is 1. The van der Waals surface area contributed by atoms with Crippen molar-refractivity contribution >= 4 is 11.9 Å². The van der Waals surface area contributed by atoms with Crippen molar-refractivity contribution < 1.29 is 4.79 Å². The number of nitrogens with zero attached hydrogens (tertiary/aromatic N) is 4. The molecule has 0 radical (unpaired) electrons. The average molecular weight is 180 g/mol. The number of fused-ring (bicyclic) bond motifs is 1. The topological polar surface area (TPSA) is 95.4 Å². The summed E-state index contributed by atoms with van der Waals surface area (Å²) >= 11 is 0. The van der Waals surface area contributed by atoms with Crippen LogP contribution < -0.4 is 11.2 Å². The molecule has 0 aromatic heterocycles. The van der Waals surface area contributed by atoms with Gasteiger partial charge in [0.05, 0.1) is 11.8 Å². The fourth-order valence-electron chi connectivity index (χ4n) is 1.17. The Balaban J connectivity index is 2.39. The van der Waals surface area contributed by atoms with Crippen molar-refractivity contribution in [3.05, 3.63) is 11.8 Å². The number of nitrogens with one attached hydrogen (secondary N) is 1. The Hall–Kier alpha value is -1.76. The molecule has 7 heteroatoms. The minimum Gasteiger partial charge on any atom is -0.309 e. The van der Waals surface area contributed by atoms with Gasteiger partial charge in [-0.1, -0.05) is 0 Å². The molecule has 2 heterocycles. The molecule has 0 saturated heterocycles. The van der Waals surface area contributed by atoms with Gasteiger partial charge in [-0.05, 0) is 0 Å². The van der Waals surface area contributed by atoms with Gasteiger partial charge in [-0.2, -0.15) is 15.2 Å². The summed E-state index contributed by atoms with van der Waals surface area (Å²) < 4.78 is 0. The minimum atomic E-state index is -0.449. The van der Waals surface area contributed by atoms with Crippen LogP contribution in [0, 0.1) is 0 Å². The summed E-state index contributed by atoms with van der Waals surface area (Å²) in [4.78, 5) is 14.7. The average Bonchev–Trinajstić information content (AvgIpc) is 2.49. The SMILES string of the molecule is CN(N)C1=NC(=O)NC2N=NC=C12. The summed E-state index contributed by atoms with van der Waals surface area (Å²) in [6.45, 7) is 0. The van der Waals surface area contributed by atoms with Gasteiger partial charge in [-0.15, -0.1) is 0 Å². The molecule has 2 amide bonds. The molecule has 0 saturated carbocycles. The first-order chi connectivity index (χ1) is 6.18. The van der Waals surface area contributed by atoms with E-state index in [9.17, 15) is 4.79 Å². The second-order valence-electron chi connectivity index (χ2n) is 2.71. The lowest BCUT2D eigenvalue weighted by molar-refractivity contribution is 0.245. The van der Waals surface area contributed by atoms with Gasteiger partial charge in [0.1, 0.15) is 0 Å². The van der Waals surface area contributed by atoms with E-state index in [0.717, 1.165) is 0 Å². The van der Waals surface area contributed by atoms with Crippen LogP contribution in [0.1, 0.15) is 0 Å². The van der Waals surface area contributed by atoms with E-state index in [1.54, 1.807) is 7.05 Å². The number of amidine groups is 1. The number of amides is 2. The normalized spacial score (nSPS) is 24.8. The van der Waals surface area contributed by atoms with E-state index in [1.165, 1.54) is 11.2 Å². The maximum absolute atomic E-state index is 11.0. The van der Waals surface area contributed by atoms with Crippen molar-refractivity contribution in [2.45, 2.75) is 6.17 Å². The third-order valence-corrected chi connectivity index (χ3v) is 1.73. The molecule has 0 aliphatic carbocycles. The van der Waals surface area contributed by atoms with Crippen LogP contribution in [0.3, 0.4) is 0 Å². The Labute approximate surface area is 74.0 Å². The first-order valence-electron chi connectivity index (χ1n) is 3.66. The Morgan fingerprint density at radius 1 is 1.69 bits per heavy atom. The van der Waals surface area contributed by atoms with E-state index in [-0.39, 0.29) is 0 Å². The zero-order valence-corrected chi connectivity index (χ0v) is 6.93. The van der Waals surface area contributed by atoms with Crippen LogP contribution in [0.4, 0.5) is 4.79 Å². The van der Waals surface area contributed by atoms with E-state index >= 15 is 0 Å². The number of hydrazine groups is 1. The van der Waals surface area contributed by atoms with Gasteiger partial charge < -0.3 is 5.32 Å². The molecule has 68 valence electrons. The van der Waals surface area contributed by atoms with Crippen LogP contribution in [-0.4, -0.2) is 30.1 Å². The predicted molar refractivity (Wildman–Crippen MR) is 44.6 cm³/mol. The van der Waals surface area contributed by atoms with Crippen LogP contribution in [0.25, 0.3) is 0 Å². The quantitative estimate of drug-likeness (QED) is 0.391. The lowest BCUT2D eigenvalue weighted by atomic mass is 10.2. The van der Waals surface area contributed by atoms with E-state index < -0.39 is 12.2 Å². The molecule has 2 rings (SSSR count). The molecular formula is C6H8N6O. The van der Waals surface area contributed by atoms with Crippen molar-refractivity contribution in [3.8, 4) is 0 Å². The number of likely N-dealkylation sites (N-methyl/N-ethyl adjacent to an activating group) is 1. The zero-order chi connectivity index (χ0) is 9.42. The molecule has 1 atom stereocenters. The smallest absolute Gasteiger partial charge is 0.309 e. The molecule has 0 fully saturated rings. The monoisotopic (exact) mass is 180 g/mol. The Kier molecular flexibility index (Phi) is 1.59. The van der Waals surface area contributed by atoms with Crippen molar-refractivity contribution in [2.24, 2.45) is 21.1 Å². The summed E-state index contributed by atoms with van der Waals surface area (Å²) in [6.07, 6.45) is 1.11. The summed E-state index contributed by atoms with van der Waals surface area (Å²) in [5, 5.41) is 11.3. The molecule has 3 N–H and O–H groups in total. The van der Waals surface area contributed by atoms with Crippen LogP contribution in [0.15, 0.2) is 27.0 Å². The number of carbonyl (C=O) groups is 1. The summed E-state index contributed by atoms with van der Waals surface area (Å²) in [6, 6.07) is -0.449. The lowest BCUT2D eigenvalue weighted by Gasteiger charge is -2.23. The van der Waals surface area contributed by atoms with E-state index in [1.807, 2.05) is 0 Å². The maximum Gasteiger partial charge on any atom is 0.344 e. The Morgan fingerprint density at radius 3 is 3.15 bits per heavy atom. The lowest BCUT2D eigenvalue weighted by Crippen LogP contribution is -2.46. The maximum atomic E-state index is 11.0. The van der Waals surface area contributed by atoms with Gasteiger partial charge in [-0.25, -0.2) is 10.6 Å². The molecule has 13 heavy (non-hydrogen) atoms. The van der Waals surface area contributed by atoms with Gasteiger partial charge in [0.15, 0.2) is 12.0 Å². The number of aliphatic imine (C=N–C) groups is 1. The highest BCUT2D eigenvalue weighted by atomic mass is 16.2. The second kappa shape index (κ2) is 2.63. The first-order valence-corrected chi connectivity index (χ1v) is 3.66. The zero-order valence-electron chi connectivity index (χ0n) is 6.93. The fraction of sp³-hybridized carbons (Fsp3) is 0.333. The van der Waals surface area contributed by atoms with E-state index in [2.05, 4.69) is 20.5 Å². The third kappa shape index (κ3) is 1.18. The molecule has 0 spiro atoms. The van der Waals surface area contributed by atoms with Gasteiger partial charge in [0.25, 0.3) is 0 Å². The molecule has 0 bridgehead atoms. The molecule has 2 aliphatic rings. The number of nitrogens with two attached hydrogens (primary N) is 1. The summed E-state index contributed by atoms with van der Waals surface area (Å²) in [7, 11) is 1.60. The van der Waals surface area contributed by atoms with Gasteiger partial charge in [0, 0.05) is 7.05 Å². The predicted octanol–water partition coefficient (Wildman–Crippen LogP) is -0.411. The number of rotatable bonds is 0. The minimum absolute atomic E-state index is 0.402. The summed E-state index contributed by atoms with van der Waals surface area (Å²) in [5.74, 6) is 5.89. The van der Waals surface area contributed by atoms with E-state index in [4.69, 9.17) is 5.84 Å². The van der Waals surface area contributed by atoms with Crippen LogP contribution in [-0.2, 0) is 0 Å². The number of hydrogen-bond donors (Lipinski definition) is 2. The van der Waals surface area contributed by atoms with Crippen molar-refractivity contribution in [3.63, 3.8) is 0 Å². The fourth-order valence-corrected chi connectivity index (χ4v) is 1.17. The largest absolute Gasteiger partial charge is 0.344 e. The Bertz CT molecular complexity index is 341. The van der Waals surface area contributed by atoms with Crippen LogP contribution in [0.2, 0.25) is 0 Å². The van der Waals surface area contributed by atoms with Crippen molar-refractivity contribution in [1.82, 2.24) is 10.3 Å². The number of azo groups is 1.